The normalized spacial score (nSPS) is 17.6. The molecule has 186 valence electrons. The van der Waals surface area contributed by atoms with Gasteiger partial charge in [-0.05, 0) is 58.9 Å². The van der Waals surface area contributed by atoms with Crippen molar-refractivity contribution in [2.75, 3.05) is 6.54 Å². The number of halogens is 3. The molecule has 0 spiro atoms. The molecule has 1 saturated heterocycles. The average molecular weight is 526 g/mol. The van der Waals surface area contributed by atoms with E-state index in [1.807, 2.05) is 24.3 Å². The van der Waals surface area contributed by atoms with Crippen molar-refractivity contribution in [3.63, 3.8) is 0 Å². The first kappa shape index (κ1) is 25.9. The van der Waals surface area contributed by atoms with Crippen molar-refractivity contribution in [2.45, 2.75) is 38.6 Å². The lowest BCUT2D eigenvalue weighted by Gasteiger charge is -2.26. The van der Waals surface area contributed by atoms with Crippen LogP contribution in [0.4, 0.5) is 4.39 Å². The fraction of sp³-hybridized carbons (Fsp3) is 0.241. The van der Waals surface area contributed by atoms with Gasteiger partial charge in [0.05, 0.1) is 21.7 Å². The van der Waals surface area contributed by atoms with Gasteiger partial charge in [-0.3, -0.25) is 9.59 Å². The van der Waals surface area contributed by atoms with Gasteiger partial charge in [0, 0.05) is 12.1 Å². The largest absolute Gasteiger partial charge is 0.507 e. The minimum Gasteiger partial charge on any atom is -0.507 e. The lowest BCUT2D eigenvalue weighted by atomic mass is 9.85. The maximum absolute atomic E-state index is 13.3. The maximum Gasteiger partial charge on any atom is 0.295 e. The Morgan fingerprint density at radius 3 is 2.17 bits per heavy atom. The number of amides is 1. The molecule has 0 bridgehead atoms. The minimum atomic E-state index is -0.797. The third-order valence-corrected chi connectivity index (χ3v) is 7.12. The summed E-state index contributed by atoms with van der Waals surface area (Å²) in [6.07, 6.45) is 0.413. The number of likely N-dealkylation sites (tertiary alicyclic amines) is 1. The van der Waals surface area contributed by atoms with Crippen LogP contribution < -0.4 is 0 Å². The van der Waals surface area contributed by atoms with Gasteiger partial charge in [-0.2, -0.15) is 0 Å². The van der Waals surface area contributed by atoms with Gasteiger partial charge in [0.25, 0.3) is 11.7 Å². The van der Waals surface area contributed by atoms with E-state index < -0.39 is 17.7 Å². The third-order valence-electron chi connectivity index (χ3n) is 6.38. The van der Waals surface area contributed by atoms with Crippen molar-refractivity contribution in [3.8, 4) is 0 Å². The summed E-state index contributed by atoms with van der Waals surface area (Å²) in [7, 11) is 0. The highest BCUT2D eigenvalue weighted by Gasteiger charge is 2.45. The third kappa shape index (κ3) is 5.18. The second-order valence-electron chi connectivity index (χ2n) is 9.87. The van der Waals surface area contributed by atoms with Crippen LogP contribution in [-0.2, 0) is 21.4 Å². The SMILES string of the molecule is CC(C)(C)c1ccc(C2/C(=C(/O)c3ccc(Cl)c(Cl)c3)C(=O)C(=O)N2CCc2ccc(F)cc2)cc1. The molecule has 4 rings (SSSR count). The summed E-state index contributed by atoms with van der Waals surface area (Å²) in [5.74, 6) is -2.15. The van der Waals surface area contributed by atoms with E-state index in [9.17, 15) is 19.1 Å². The van der Waals surface area contributed by atoms with Crippen LogP contribution >= 0.6 is 23.2 Å². The Balaban J connectivity index is 1.79. The molecule has 0 aliphatic carbocycles. The molecule has 1 aliphatic heterocycles. The van der Waals surface area contributed by atoms with Crippen molar-refractivity contribution >= 4 is 40.7 Å². The van der Waals surface area contributed by atoms with E-state index in [-0.39, 0.29) is 39.7 Å². The highest BCUT2D eigenvalue weighted by Crippen LogP contribution is 2.40. The lowest BCUT2D eigenvalue weighted by molar-refractivity contribution is -0.139. The second kappa shape index (κ2) is 10.1. The predicted molar refractivity (Wildman–Crippen MR) is 141 cm³/mol. The van der Waals surface area contributed by atoms with E-state index in [1.54, 1.807) is 18.2 Å². The zero-order valence-corrected chi connectivity index (χ0v) is 21.7. The first-order chi connectivity index (χ1) is 17.0. The first-order valence-electron chi connectivity index (χ1n) is 11.6. The Labute approximate surface area is 220 Å². The van der Waals surface area contributed by atoms with Gasteiger partial charge in [-0.25, -0.2) is 4.39 Å². The molecule has 36 heavy (non-hydrogen) atoms. The summed E-state index contributed by atoms with van der Waals surface area (Å²) in [5.41, 5.74) is 2.81. The maximum atomic E-state index is 13.3. The summed E-state index contributed by atoms with van der Waals surface area (Å²) in [6.45, 7) is 6.50. The standard InChI is InChI=1S/C29H26Cl2FNO3/c1-29(2,3)20-9-6-18(7-10-20)25-24(26(34)19-8-13-22(30)23(31)16-19)27(35)28(36)33(25)15-14-17-4-11-21(32)12-5-17/h4-13,16,25,34H,14-15H2,1-3H3/b26-24-. The molecule has 1 unspecified atom stereocenters. The van der Waals surface area contributed by atoms with Crippen molar-refractivity contribution in [1.82, 2.24) is 4.90 Å². The molecule has 3 aromatic carbocycles. The van der Waals surface area contributed by atoms with E-state index in [1.165, 1.54) is 29.2 Å². The van der Waals surface area contributed by atoms with Gasteiger partial charge in [0.1, 0.15) is 11.6 Å². The fourth-order valence-electron chi connectivity index (χ4n) is 4.32. The molecule has 3 aromatic rings. The molecule has 7 heteroatoms. The molecule has 1 N–H and O–H groups in total. The summed E-state index contributed by atoms with van der Waals surface area (Å²) < 4.78 is 13.3. The molecule has 0 radical (unpaired) electrons. The van der Waals surface area contributed by atoms with Crippen molar-refractivity contribution in [2.24, 2.45) is 0 Å². The number of Topliss-reactive ketones (excluding diaryl/α,β-unsaturated/α-hetero) is 1. The van der Waals surface area contributed by atoms with Crippen LogP contribution in [0.3, 0.4) is 0 Å². The zero-order valence-electron chi connectivity index (χ0n) is 20.2. The molecule has 0 saturated carbocycles. The van der Waals surface area contributed by atoms with Gasteiger partial charge in [0.2, 0.25) is 0 Å². The lowest BCUT2D eigenvalue weighted by Crippen LogP contribution is -2.31. The number of hydrogen-bond donors (Lipinski definition) is 1. The summed E-state index contributed by atoms with van der Waals surface area (Å²) in [6, 6.07) is 17.4. The number of hydrogen-bond acceptors (Lipinski definition) is 3. The second-order valence-corrected chi connectivity index (χ2v) is 10.7. The monoisotopic (exact) mass is 525 g/mol. The van der Waals surface area contributed by atoms with Crippen LogP contribution in [0.15, 0.2) is 72.3 Å². The fourth-order valence-corrected chi connectivity index (χ4v) is 4.62. The Morgan fingerprint density at radius 1 is 0.944 bits per heavy atom. The topological polar surface area (TPSA) is 57.6 Å². The van der Waals surface area contributed by atoms with E-state index in [2.05, 4.69) is 20.8 Å². The number of rotatable bonds is 5. The number of aliphatic hydroxyl groups is 1. The molecule has 1 fully saturated rings. The molecular formula is C29H26Cl2FNO3. The number of nitrogens with zero attached hydrogens (tertiary/aromatic N) is 1. The highest BCUT2D eigenvalue weighted by atomic mass is 35.5. The number of carbonyl (C=O) groups is 2. The van der Waals surface area contributed by atoms with Crippen LogP contribution in [0.5, 0.6) is 0 Å². The Bertz CT molecular complexity index is 1340. The Kier molecular flexibility index (Phi) is 7.26. The molecule has 0 aromatic heterocycles. The van der Waals surface area contributed by atoms with Crippen molar-refractivity contribution in [3.05, 3.63) is 110 Å². The van der Waals surface area contributed by atoms with Crippen LogP contribution in [0, 0.1) is 5.82 Å². The van der Waals surface area contributed by atoms with Crippen LogP contribution in [0.2, 0.25) is 10.0 Å². The van der Waals surface area contributed by atoms with Gasteiger partial charge in [-0.1, -0.05) is 80.4 Å². The first-order valence-corrected chi connectivity index (χ1v) is 12.3. The molecule has 1 heterocycles. The highest BCUT2D eigenvalue weighted by molar-refractivity contribution is 6.46. The molecule has 1 atom stereocenters. The zero-order chi connectivity index (χ0) is 26.2. The number of aliphatic hydroxyl groups excluding tert-OH is 1. The summed E-state index contributed by atoms with van der Waals surface area (Å²) >= 11 is 12.2. The van der Waals surface area contributed by atoms with Gasteiger partial charge in [0.15, 0.2) is 0 Å². The molecule has 1 aliphatic rings. The molecule has 1 amide bonds. The van der Waals surface area contributed by atoms with E-state index >= 15 is 0 Å². The van der Waals surface area contributed by atoms with Gasteiger partial charge < -0.3 is 10.0 Å². The van der Waals surface area contributed by atoms with E-state index in [4.69, 9.17) is 23.2 Å². The number of benzene rings is 3. The quantitative estimate of drug-likeness (QED) is 0.219. The Morgan fingerprint density at radius 2 is 1.58 bits per heavy atom. The van der Waals surface area contributed by atoms with Crippen LogP contribution in [-0.4, -0.2) is 28.2 Å². The average Bonchev–Trinajstić information content (AvgIpc) is 3.09. The van der Waals surface area contributed by atoms with Crippen molar-refractivity contribution < 1.29 is 19.1 Å². The summed E-state index contributed by atoms with van der Waals surface area (Å²) in [4.78, 5) is 27.9. The molecule has 4 nitrogen and oxygen atoms in total. The van der Waals surface area contributed by atoms with Gasteiger partial charge in [-0.15, -0.1) is 0 Å². The minimum absolute atomic E-state index is 0.0130. The number of carbonyl (C=O) groups excluding carboxylic acids is 2. The van der Waals surface area contributed by atoms with Gasteiger partial charge >= 0.3 is 0 Å². The van der Waals surface area contributed by atoms with E-state index in [0.29, 0.717) is 17.0 Å². The summed E-state index contributed by atoms with van der Waals surface area (Å²) in [5, 5.41) is 11.7. The van der Waals surface area contributed by atoms with Crippen LogP contribution in [0.25, 0.3) is 5.76 Å². The van der Waals surface area contributed by atoms with E-state index in [0.717, 1.165) is 11.1 Å². The molecular weight excluding hydrogens is 500 g/mol. The Hall–Kier alpha value is -3.15. The number of ketones is 1. The smallest absolute Gasteiger partial charge is 0.295 e. The van der Waals surface area contributed by atoms with Crippen molar-refractivity contribution in [1.29, 1.82) is 0 Å². The predicted octanol–water partition coefficient (Wildman–Crippen LogP) is 7.09. The van der Waals surface area contributed by atoms with Crippen LogP contribution in [0.1, 0.15) is 49.1 Å².